The quantitative estimate of drug-likeness (QED) is 0.261. The van der Waals surface area contributed by atoms with E-state index in [9.17, 15) is 18.5 Å². The van der Waals surface area contributed by atoms with Crippen LogP contribution in [-0.4, -0.2) is 43.0 Å². The highest BCUT2D eigenvalue weighted by atomic mass is 32.2. The van der Waals surface area contributed by atoms with Crippen LogP contribution < -0.4 is 11.3 Å². The second kappa shape index (κ2) is 7.66. The van der Waals surface area contributed by atoms with Crippen molar-refractivity contribution >= 4 is 32.0 Å². The molecular weight excluding hydrogens is 320 g/mol. The van der Waals surface area contributed by atoms with Gasteiger partial charge in [0.25, 0.3) is 10.0 Å². The summed E-state index contributed by atoms with van der Waals surface area (Å²) in [5.41, 5.74) is 1.77. The molecule has 21 heavy (non-hydrogen) atoms. The number of hydrazine groups is 1. The maximum absolute atomic E-state index is 12.3. The topological polar surface area (TPSA) is 139 Å². The summed E-state index contributed by atoms with van der Waals surface area (Å²) in [5.74, 6) is 5.16. The molecule has 0 saturated carbocycles. The van der Waals surface area contributed by atoms with Crippen LogP contribution in [0, 0.1) is 10.1 Å². The highest BCUT2D eigenvalue weighted by molar-refractivity contribution is 7.91. The molecule has 0 spiro atoms. The van der Waals surface area contributed by atoms with Crippen LogP contribution in [0.5, 0.6) is 0 Å². The van der Waals surface area contributed by atoms with Gasteiger partial charge in [-0.15, -0.1) is 0 Å². The predicted molar refractivity (Wildman–Crippen MR) is 79.5 cm³/mol. The second-order valence-electron chi connectivity index (χ2n) is 4.29. The van der Waals surface area contributed by atoms with Gasteiger partial charge in [0.2, 0.25) is 0 Å². The lowest BCUT2D eigenvalue weighted by molar-refractivity contribution is -0.383. The molecule has 0 radical (unpaired) electrons. The SMILES string of the molecule is CN(CCCCCO)S(=O)(=O)c1cc([N+](=O)[O-])c(NN)s1. The molecule has 0 aliphatic carbocycles. The van der Waals surface area contributed by atoms with Gasteiger partial charge in [0, 0.05) is 26.3 Å². The van der Waals surface area contributed by atoms with E-state index in [0.29, 0.717) is 19.3 Å². The van der Waals surface area contributed by atoms with Crippen LogP contribution in [0.2, 0.25) is 0 Å². The Morgan fingerprint density at radius 1 is 1.48 bits per heavy atom. The fourth-order valence-electron chi connectivity index (χ4n) is 1.62. The number of nitrogen functional groups attached to an aromatic ring is 1. The molecule has 0 atom stereocenters. The van der Waals surface area contributed by atoms with Gasteiger partial charge in [0.15, 0.2) is 5.00 Å². The van der Waals surface area contributed by atoms with E-state index in [1.54, 1.807) is 0 Å². The standard InChI is InChI=1S/C10H18N4O5S2/c1-13(5-3-2-4-6-15)21(18,19)9-7-8(14(16)17)10(12-11)20-9/h7,12,15H,2-6,11H2,1H3. The molecule has 0 fully saturated rings. The first-order valence-corrected chi connectivity index (χ1v) is 8.42. The molecule has 4 N–H and O–H groups in total. The van der Waals surface area contributed by atoms with Crippen LogP contribution in [-0.2, 0) is 10.0 Å². The number of sulfonamides is 1. The zero-order valence-corrected chi connectivity index (χ0v) is 13.1. The van der Waals surface area contributed by atoms with Gasteiger partial charge in [-0.1, -0.05) is 11.3 Å². The van der Waals surface area contributed by atoms with Crippen molar-refractivity contribution in [2.75, 3.05) is 25.6 Å². The maximum atomic E-state index is 12.3. The fraction of sp³-hybridized carbons (Fsp3) is 0.600. The van der Waals surface area contributed by atoms with Crippen molar-refractivity contribution in [1.29, 1.82) is 0 Å². The average Bonchev–Trinajstić information content (AvgIpc) is 2.88. The molecule has 1 aromatic heterocycles. The molecule has 0 aliphatic heterocycles. The van der Waals surface area contributed by atoms with Crippen LogP contribution in [0.1, 0.15) is 19.3 Å². The third-order valence-corrected chi connectivity index (χ3v) is 6.17. The number of anilines is 1. The number of nitrogens with zero attached hydrogens (tertiary/aromatic N) is 2. The highest BCUT2D eigenvalue weighted by Crippen LogP contribution is 2.37. The lowest BCUT2D eigenvalue weighted by Crippen LogP contribution is -2.27. The fourth-order valence-corrected chi connectivity index (χ4v) is 4.28. The van der Waals surface area contributed by atoms with Crippen molar-refractivity contribution < 1.29 is 18.4 Å². The van der Waals surface area contributed by atoms with E-state index in [1.165, 1.54) is 7.05 Å². The Morgan fingerprint density at radius 3 is 2.62 bits per heavy atom. The van der Waals surface area contributed by atoms with Crippen molar-refractivity contribution in [2.24, 2.45) is 5.84 Å². The summed E-state index contributed by atoms with van der Waals surface area (Å²) < 4.78 is 25.6. The summed E-state index contributed by atoms with van der Waals surface area (Å²) in [6, 6.07) is 0.999. The zero-order valence-electron chi connectivity index (χ0n) is 11.5. The Balaban J connectivity index is 2.89. The van der Waals surface area contributed by atoms with E-state index in [0.717, 1.165) is 21.7 Å². The summed E-state index contributed by atoms with van der Waals surface area (Å²) in [6.45, 7) is 0.346. The Hall–Kier alpha value is -1.27. The third-order valence-electron chi connectivity index (χ3n) is 2.81. The monoisotopic (exact) mass is 338 g/mol. The van der Waals surface area contributed by atoms with Gasteiger partial charge in [-0.05, 0) is 19.3 Å². The van der Waals surface area contributed by atoms with Gasteiger partial charge in [-0.3, -0.25) is 10.1 Å². The number of aliphatic hydroxyl groups excluding tert-OH is 1. The van der Waals surface area contributed by atoms with Crippen molar-refractivity contribution in [3.63, 3.8) is 0 Å². The van der Waals surface area contributed by atoms with E-state index in [2.05, 4.69) is 5.43 Å². The number of nitro groups is 1. The maximum Gasteiger partial charge on any atom is 0.306 e. The van der Waals surface area contributed by atoms with Gasteiger partial charge in [0.1, 0.15) is 4.21 Å². The minimum atomic E-state index is -3.78. The summed E-state index contributed by atoms with van der Waals surface area (Å²) in [5, 5.41) is 19.5. The highest BCUT2D eigenvalue weighted by Gasteiger charge is 2.28. The zero-order chi connectivity index (χ0) is 16.0. The Kier molecular flexibility index (Phi) is 6.48. The molecule has 0 aromatic carbocycles. The number of hydrogen-bond donors (Lipinski definition) is 3. The number of rotatable bonds is 9. The van der Waals surface area contributed by atoms with E-state index in [4.69, 9.17) is 10.9 Å². The van der Waals surface area contributed by atoms with Gasteiger partial charge in [0.05, 0.1) is 4.92 Å². The van der Waals surface area contributed by atoms with Crippen LogP contribution in [0.4, 0.5) is 10.7 Å². The number of nitrogens with one attached hydrogen (secondary N) is 1. The molecule has 0 unspecified atom stereocenters. The van der Waals surface area contributed by atoms with E-state index in [-0.39, 0.29) is 28.0 Å². The summed E-state index contributed by atoms with van der Waals surface area (Å²) in [4.78, 5) is 10.1. The molecular formula is C10H18N4O5S2. The number of aliphatic hydroxyl groups is 1. The van der Waals surface area contributed by atoms with E-state index >= 15 is 0 Å². The number of nitrogens with two attached hydrogens (primary N) is 1. The van der Waals surface area contributed by atoms with Gasteiger partial charge >= 0.3 is 5.69 Å². The van der Waals surface area contributed by atoms with Gasteiger partial charge in [-0.25, -0.2) is 18.6 Å². The summed E-state index contributed by atoms with van der Waals surface area (Å²) in [7, 11) is -2.37. The first-order chi connectivity index (χ1) is 9.84. The third kappa shape index (κ3) is 4.35. The van der Waals surface area contributed by atoms with Crippen molar-refractivity contribution in [1.82, 2.24) is 4.31 Å². The number of thiophene rings is 1. The van der Waals surface area contributed by atoms with E-state index in [1.807, 2.05) is 0 Å². The molecule has 1 rings (SSSR count). The Morgan fingerprint density at radius 2 is 2.14 bits per heavy atom. The minimum Gasteiger partial charge on any atom is -0.396 e. The second-order valence-corrected chi connectivity index (χ2v) is 7.62. The molecule has 1 heterocycles. The summed E-state index contributed by atoms with van der Waals surface area (Å²) in [6.07, 6.45) is 1.92. The number of unbranched alkanes of at least 4 members (excludes halogenated alkanes) is 2. The molecule has 1 aromatic rings. The first-order valence-electron chi connectivity index (χ1n) is 6.16. The smallest absolute Gasteiger partial charge is 0.306 e. The number of hydrogen-bond acceptors (Lipinski definition) is 8. The van der Waals surface area contributed by atoms with Crippen LogP contribution in [0.15, 0.2) is 10.3 Å². The predicted octanol–water partition coefficient (Wildman–Crippen LogP) is 0.725. The Bertz CT molecular complexity index is 586. The Labute approximate surface area is 126 Å². The van der Waals surface area contributed by atoms with Crippen molar-refractivity contribution in [3.05, 3.63) is 16.2 Å². The van der Waals surface area contributed by atoms with Crippen LogP contribution in [0.25, 0.3) is 0 Å². The molecule has 0 bridgehead atoms. The minimum absolute atomic E-state index is 0.00717. The summed E-state index contributed by atoms with van der Waals surface area (Å²) >= 11 is 0.719. The molecule has 0 amide bonds. The van der Waals surface area contributed by atoms with Gasteiger partial charge < -0.3 is 10.5 Å². The van der Waals surface area contributed by atoms with Gasteiger partial charge in [-0.2, -0.15) is 0 Å². The molecule has 11 heteroatoms. The van der Waals surface area contributed by atoms with Crippen molar-refractivity contribution in [2.45, 2.75) is 23.5 Å². The average molecular weight is 338 g/mol. The molecule has 0 saturated heterocycles. The molecule has 9 nitrogen and oxygen atoms in total. The lowest BCUT2D eigenvalue weighted by atomic mass is 10.2. The molecule has 120 valence electrons. The largest absolute Gasteiger partial charge is 0.396 e. The molecule has 0 aliphatic rings. The van der Waals surface area contributed by atoms with Crippen LogP contribution >= 0.6 is 11.3 Å². The van der Waals surface area contributed by atoms with Crippen molar-refractivity contribution in [3.8, 4) is 0 Å². The van der Waals surface area contributed by atoms with E-state index < -0.39 is 14.9 Å². The normalized spacial score (nSPS) is 11.8. The first kappa shape index (κ1) is 17.8. The van der Waals surface area contributed by atoms with Crippen LogP contribution in [0.3, 0.4) is 0 Å². The lowest BCUT2D eigenvalue weighted by Gasteiger charge is -2.15.